The zero-order valence-electron chi connectivity index (χ0n) is 17.4. The highest BCUT2D eigenvalue weighted by molar-refractivity contribution is 6.02. The Morgan fingerprint density at radius 2 is 1.60 bits per heavy atom. The molecule has 0 aliphatic carbocycles. The fourth-order valence-electron chi connectivity index (χ4n) is 3.81. The fraction of sp³-hybridized carbons (Fsp3) is 0.280. The van der Waals surface area contributed by atoms with Crippen molar-refractivity contribution in [1.82, 2.24) is 10.3 Å². The number of para-hydroxylation sites is 1. The molecular formula is C25H28N4O. The molecule has 1 amide bonds. The molecule has 0 radical (unpaired) electrons. The van der Waals surface area contributed by atoms with E-state index < -0.39 is 0 Å². The van der Waals surface area contributed by atoms with Crippen molar-refractivity contribution >= 4 is 28.1 Å². The first kappa shape index (κ1) is 20.1. The van der Waals surface area contributed by atoms with Gasteiger partial charge < -0.3 is 4.90 Å². The lowest BCUT2D eigenvalue weighted by atomic mass is 10.0. The summed E-state index contributed by atoms with van der Waals surface area (Å²) in [5.74, 6) is -0.0411. The Morgan fingerprint density at radius 1 is 0.900 bits per heavy atom. The largest absolute Gasteiger partial charge is 0.369 e. The number of hydrogen-bond donors (Lipinski definition) is 1. The lowest BCUT2D eigenvalue weighted by Crippen LogP contribution is -2.47. The molecule has 0 spiro atoms. The van der Waals surface area contributed by atoms with Crippen molar-refractivity contribution in [3.8, 4) is 0 Å². The van der Waals surface area contributed by atoms with Crippen molar-refractivity contribution in [1.29, 1.82) is 0 Å². The van der Waals surface area contributed by atoms with E-state index in [1.54, 1.807) is 0 Å². The van der Waals surface area contributed by atoms with Crippen LogP contribution in [0.15, 0.2) is 77.9 Å². The second-order valence-corrected chi connectivity index (χ2v) is 7.71. The van der Waals surface area contributed by atoms with Crippen LogP contribution < -0.4 is 10.3 Å². The zero-order chi connectivity index (χ0) is 20.8. The molecule has 0 atom stereocenters. The first-order chi connectivity index (χ1) is 14.7. The van der Waals surface area contributed by atoms with Gasteiger partial charge in [0.2, 0.25) is 5.91 Å². The number of carbonyl (C=O) groups is 1. The maximum Gasteiger partial charge on any atom is 0.241 e. The molecule has 1 N–H and O–H groups in total. The van der Waals surface area contributed by atoms with E-state index in [0.29, 0.717) is 6.42 Å². The molecule has 154 valence electrons. The van der Waals surface area contributed by atoms with Crippen LogP contribution in [0, 0.1) is 0 Å². The van der Waals surface area contributed by atoms with Gasteiger partial charge in [-0.25, -0.2) is 5.43 Å². The number of nitrogens with zero attached hydrogens (tertiary/aromatic N) is 3. The summed E-state index contributed by atoms with van der Waals surface area (Å²) in [6, 6.07) is 25.0. The third kappa shape index (κ3) is 5.05. The van der Waals surface area contributed by atoms with Gasteiger partial charge in [0.05, 0.1) is 5.71 Å². The van der Waals surface area contributed by atoms with Gasteiger partial charge in [-0.2, -0.15) is 5.10 Å². The molecule has 0 bridgehead atoms. The molecule has 0 unspecified atom stereocenters. The van der Waals surface area contributed by atoms with Gasteiger partial charge in [-0.05, 0) is 41.5 Å². The Hall–Kier alpha value is -3.18. The number of hydrazone groups is 1. The fourth-order valence-corrected chi connectivity index (χ4v) is 3.81. The molecule has 0 aromatic heterocycles. The van der Waals surface area contributed by atoms with Gasteiger partial charge in [0.15, 0.2) is 0 Å². The Bertz CT molecular complexity index is 1020. The molecule has 5 nitrogen and oxygen atoms in total. The number of fused-ring (bicyclic) bond motifs is 1. The van der Waals surface area contributed by atoms with E-state index >= 15 is 0 Å². The van der Waals surface area contributed by atoms with Crippen LogP contribution in [0.2, 0.25) is 0 Å². The van der Waals surface area contributed by atoms with Gasteiger partial charge in [-0.1, -0.05) is 54.6 Å². The van der Waals surface area contributed by atoms with E-state index in [1.807, 2.05) is 31.2 Å². The van der Waals surface area contributed by atoms with Gasteiger partial charge in [0.1, 0.15) is 0 Å². The lowest BCUT2D eigenvalue weighted by molar-refractivity contribution is -0.121. The third-order valence-corrected chi connectivity index (χ3v) is 5.66. The smallest absolute Gasteiger partial charge is 0.241 e. The molecule has 3 aromatic carbocycles. The molecule has 3 aromatic rings. The molecular weight excluding hydrogens is 372 g/mol. The summed E-state index contributed by atoms with van der Waals surface area (Å²) in [7, 11) is 0. The van der Waals surface area contributed by atoms with Crippen molar-refractivity contribution in [2.24, 2.45) is 5.10 Å². The second-order valence-electron chi connectivity index (χ2n) is 7.71. The molecule has 1 heterocycles. The summed E-state index contributed by atoms with van der Waals surface area (Å²) in [5, 5.41) is 6.68. The predicted molar refractivity (Wildman–Crippen MR) is 124 cm³/mol. The van der Waals surface area contributed by atoms with Gasteiger partial charge in [0.25, 0.3) is 0 Å². The number of nitrogens with one attached hydrogen (secondary N) is 1. The average Bonchev–Trinajstić information content (AvgIpc) is 2.81. The Balaban J connectivity index is 1.23. The second kappa shape index (κ2) is 9.55. The highest BCUT2D eigenvalue weighted by Gasteiger charge is 2.17. The number of carbonyl (C=O) groups excluding carboxylic acids is 1. The summed E-state index contributed by atoms with van der Waals surface area (Å²) in [6.07, 6.45) is 0.458. The Labute approximate surface area is 178 Å². The molecule has 4 rings (SSSR count). The number of anilines is 1. The number of hydrogen-bond acceptors (Lipinski definition) is 4. The molecule has 30 heavy (non-hydrogen) atoms. The molecule has 1 fully saturated rings. The standard InChI is InChI=1S/C25H28N4O/c1-20(22-12-11-21-7-5-6-8-23(21)19-22)26-27-25(30)13-14-28-15-17-29(18-16-28)24-9-3-2-4-10-24/h2-12,19H,13-18H2,1H3,(H,27,30)/b26-20+. The van der Waals surface area contributed by atoms with Crippen LogP contribution in [0.25, 0.3) is 10.8 Å². The van der Waals surface area contributed by atoms with E-state index in [9.17, 15) is 4.79 Å². The topological polar surface area (TPSA) is 47.9 Å². The Morgan fingerprint density at radius 3 is 2.37 bits per heavy atom. The van der Waals surface area contributed by atoms with Crippen molar-refractivity contribution in [2.75, 3.05) is 37.6 Å². The minimum atomic E-state index is -0.0411. The SMILES string of the molecule is C/C(=N\NC(=O)CCN1CCN(c2ccccc2)CC1)c1ccc2ccccc2c1. The lowest BCUT2D eigenvalue weighted by Gasteiger charge is -2.36. The van der Waals surface area contributed by atoms with Crippen LogP contribution >= 0.6 is 0 Å². The quantitative estimate of drug-likeness (QED) is 0.504. The van der Waals surface area contributed by atoms with Gasteiger partial charge in [-0.3, -0.25) is 9.69 Å². The van der Waals surface area contributed by atoms with Crippen molar-refractivity contribution in [3.05, 3.63) is 78.4 Å². The van der Waals surface area contributed by atoms with Crippen LogP contribution in [0.5, 0.6) is 0 Å². The maximum atomic E-state index is 12.3. The minimum absolute atomic E-state index is 0.0411. The predicted octanol–water partition coefficient (Wildman–Crippen LogP) is 3.89. The monoisotopic (exact) mass is 400 g/mol. The van der Waals surface area contributed by atoms with Crippen LogP contribution in [-0.2, 0) is 4.79 Å². The van der Waals surface area contributed by atoms with Crippen molar-refractivity contribution in [2.45, 2.75) is 13.3 Å². The highest BCUT2D eigenvalue weighted by Crippen LogP contribution is 2.17. The molecule has 1 aliphatic rings. The molecule has 1 aliphatic heterocycles. The van der Waals surface area contributed by atoms with E-state index in [0.717, 1.165) is 44.0 Å². The normalized spacial score (nSPS) is 15.4. The van der Waals surface area contributed by atoms with Crippen LogP contribution in [0.4, 0.5) is 5.69 Å². The number of benzene rings is 3. The number of piperazine rings is 1. The molecule has 5 heteroatoms. The summed E-state index contributed by atoms with van der Waals surface area (Å²) in [6.45, 7) is 6.62. The van der Waals surface area contributed by atoms with Gasteiger partial charge in [0, 0.05) is 44.8 Å². The van der Waals surface area contributed by atoms with E-state index in [1.165, 1.54) is 16.5 Å². The van der Waals surface area contributed by atoms with Crippen molar-refractivity contribution < 1.29 is 4.79 Å². The minimum Gasteiger partial charge on any atom is -0.369 e. The molecule has 0 saturated carbocycles. The van der Waals surface area contributed by atoms with Crippen LogP contribution in [0.3, 0.4) is 0 Å². The van der Waals surface area contributed by atoms with Gasteiger partial charge >= 0.3 is 0 Å². The Kier molecular flexibility index (Phi) is 6.40. The zero-order valence-corrected chi connectivity index (χ0v) is 17.4. The third-order valence-electron chi connectivity index (χ3n) is 5.66. The van der Waals surface area contributed by atoms with Crippen LogP contribution in [0.1, 0.15) is 18.9 Å². The van der Waals surface area contributed by atoms with Crippen molar-refractivity contribution in [3.63, 3.8) is 0 Å². The van der Waals surface area contributed by atoms with E-state index in [4.69, 9.17) is 0 Å². The number of amides is 1. The maximum absolute atomic E-state index is 12.3. The van der Waals surface area contributed by atoms with E-state index in [-0.39, 0.29) is 5.91 Å². The average molecular weight is 401 g/mol. The first-order valence-corrected chi connectivity index (χ1v) is 10.5. The highest BCUT2D eigenvalue weighted by atomic mass is 16.2. The molecule has 1 saturated heterocycles. The van der Waals surface area contributed by atoms with E-state index in [2.05, 4.69) is 68.9 Å². The van der Waals surface area contributed by atoms with Crippen LogP contribution in [-0.4, -0.2) is 49.2 Å². The summed E-state index contributed by atoms with van der Waals surface area (Å²) in [4.78, 5) is 17.0. The van der Waals surface area contributed by atoms with Gasteiger partial charge in [-0.15, -0.1) is 0 Å². The summed E-state index contributed by atoms with van der Waals surface area (Å²) in [5.41, 5.74) is 5.82. The summed E-state index contributed by atoms with van der Waals surface area (Å²) >= 11 is 0. The first-order valence-electron chi connectivity index (χ1n) is 10.5. The summed E-state index contributed by atoms with van der Waals surface area (Å²) < 4.78 is 0. The number of rotatable bonds is 6.